The van der Waals surface area contributed by atoms with E-state index in [1.54, 1.807) is 0 Å². The van der Waals surface area contributed by atoms with Gasteiger partial charge in [-0.2, -0.15) is 0 Å². The monoisotopic (exact) mass is 350 g/mol. The molecule has 0 spiro atoms. The lowest BCUT2D eigenvalue weighted by molar-refractivity contribution is -0.142. The van der Waals surface area contributed by atoms with Gasteiger partial charge >= 0.3 is 5.97 Å². The number of amides is 2. The van der Waals surface area contributed by atoms with Gasteiger partial charge in [0.2, 0.25) is 11.8 Å². The van der Waals surface area contributed by atoms with Crippen molar-refractivity contribution in [3.05, 3.63) is 0 Å². The van der Waals surface area contributed by atoms with Gasteiger partial charge in [0, 0.05) is 5.92 Å². The van der Waals surface area contributed by atoms with Crippen LogP contribution in [0, 0.1) is 35.5 Å². The summed E-state index contributed by atoms with van der Waals surface area (Å²) < 4.78 is 0. The molecule has 0 aromatic carbocycles. The Balaban J connectivity index is 1.49. The minimum absolute atomic E-state index is 0.0142. The van der Waals surface area contributed by atoms with Crippen LogP contribution in [0.15, 0.2) is 0 Å². The molecule has 4 fully saturated rings. The first kappa shape index (κ1) is 18.2. The molecule has 140 valence electrons. The van der Waals surface area contributed by atoms with Crippen LogP contribution in [-0.4, -0.2) is 35.5 Å². The molecular weight excluding hydrogens is 320 g/mol. The molecule has 4 saturated carbocycles. The van der Waals surface area contributed by atoms with E-state index in [0.717, 1.165) is 37.5 Å². The highest BCUT2D eigenvalue weighted by atomic mass is 16.4. The average molecular weight is 350 g/mol. The molecular formula is C19H30N2O4. The maximum Gasteiger partial charge on any atom is 0.326 e. The van der Waals surface area contributed by atoms with Crippen molar-refractivity contribution in [3.8, 4) is 0 Å². The number of carbonyl (C=O) groups is 3. The second-order valence-corrected chi connectivity index (χ2v) is 8.76. The van der Waals surface area contributed by atoms with E-state index >= 15 is 0 Å². The van der Waals surface area contributed by atoms with Crippen LogP contribution in [0.2, 0.25) is 0 Å². The van der Waals surface area contributed by atoms with Crippen LogP contribution in [0.25, 0.3) is 0 Å². The maximum absolute atomic E-state index is 12.6. The molecule has 4 bridgehead atoms. The molecule has 0 heterocycles. The fourth-order valence-corrected chi connectivity index (χ4v) is 5.58. The van der Waals surface area contributed by atoms with Crippen molar-refractivity contribution >= 4 is 17.8 Å². The summed E-state index contributed by atoms with van der Waals surface area (Å²) in [6, 6.07) is -0.898. The van der Waals surface area contributed by atoms with E-state index in [0.29, 0.717) is 18.3 Å². The number of hydrogen-bond acceptors (Lipinski definition) is 3. The smallest absolute Gasteiger partial charge is 0.326 e. The summed E-state index contributed by atoms with van der Waals surface area (Å²) in [6.07, 6.45) is 6.36. The van der Waals surface area contributed by atoms with Gasteiger partial charge in [0.05, 0.1) is 6.54 Å². The standard InChI is InChI=1S/C19H30N2O4/c1-10(2)3-15(19(24)25)21-16(22)9-20-18(23)17-13-5-11-4-12(7-13)8-14(17)6-11/h10-15,17H,3-9H2,1-2H3,(H,20,23)(H,21,22)(H,24,25)/t11?,12?,13?,14?,15-,17?/m0/s1. The molecule has 4 aliphatic rings. The predicted molar refractivity (Wildman–Crippen MR) is 92.6 cm³/mol. The fraction of sp³-hybridized carbons (Fsp3) is 0.842. The Hall–Kier alpha value is -1.59. The number of aliphatic carboxylic acids is 1. The third kappa shape index (κ3) is 4.15. The van der Waals surface area contributed by atoms with Gasteiger partial charge in [-0.05, 0) is 68.1 Å². The third-order valence-corrected chi connectivity index (χ3v) is 6.29. The first-order chi connectivity index (χ1) is 11.8. The Labute approximate surface area is 149 Å². The lowest BCUT2D eigenvalue weighted by atomic mass is 9.51. The summed E-state index contributed by atoms with van der Waals surface area (Å²) >= 11 is 0. The first-order valence-corrected chi connectivity index (χ1v) is 9.63. The van der Waals surface area contributed by atoms with E-state index in [-0.39, 0.29) is 24.3 Å². The second-order valence-electron chi connectivity index (χ2n) is 8.76. The molecule has 6 nitrogen and oxygen atoms in total. The second kappa shape index (κ2) is 7.34. The van der Waals surface area contributed by atoms with Gasteiger partial charge in [-0.1, -0.05) is 13.8 Å². The van der Waals surface area contributed by atoms with E-state index in [1.165, 1.54) is 6.42 Å². The Morgan fingerprint density at radius 1 is 1.00 bits per heavy atom. The topological polar surface area (TPSA) is 95.5 Å². The molecule has 0 saturated heterocycles. The van der Waals surface area contributed by atoms with Crippen molar-refractivity contribution in [1.29, 1.82) is 0 Å². The summed E-state index contributed by atoms with van der Waals surface area (Å²) in [5.41, 5.74) is 0. The summed E-state index contributed by atoms with van der Waals surface area (Å²) in [4.78, 5) is 35.9. The first-order valence-electron chi connectivity index (χ1n) is 9.63. The number of carboxylic acid groups (broad SMARTS) is 1. The number of hydrogen-bond donors (Lipinski definition) is 3. The van der Waals surface area contributed by atoms with Gasteiger partial charge in [-0.3, -0.25) is 9.59 Å². The van der Waals surface area contributed by atoms with Crippen molar-refractivity contribution in [3.63, 3.8) is 0 Å². The van der Waals surface area contributed by atoms with Crippen molar-refractivity contribution in [2.45, 2.75) is 58.4 Å². The zero-order chi connectivity index (χ0) is 18.1. The van der Waals surface area contributed by atoms with Crippen LogP contribution >= 0.6 is 0 Å². The number of rotatable bonds is 7. The summed E-state index contributed by atoms with van der Waals surface area (Å²) in [5.74, 6) is 1.32. The van der Waals surface area contributed by atoms with Crippen LogP contribution in [0.4, 0.5) is 0 Å². The van der Waals surface area contributed by atoms with Crippen molar-refractivity contribution in [1.82, 2.24) is 10.6 Å². The maximum atomic E-state index is 12.6. The quantitative estimate of drug-likeness (QED) is 0.652. The molecule has 0 aromatic heterocycles. The summed E-state index contributed by atoms with van der Waals surface area (Å²) in [5, 5.41) is 14.5. The highest BCUT2D eigenvalue weighted by Crippen LogP contribution is 2.56. The molecule has 25 heavy (non-hydrogen) atoms. The molecule has 4 rings (SSSR count). The molecule has 0 aliphatic heterocycles. The van der Waals surface area contributed by atoms with Crippen molar-refractivity contribution in [2.75, 3.05) is 6.54 Å². The minimum atomic E-state index is -1.03. The van der Waals surface area contributed by atoms with E-state index in [9.17, 15) is 19.5 Å². The summed E-state index contributed by atoms with van der Waals surface area (Å²) in [7, 11) is 0. The normalized spacial score (nSPS) is 34.0. The Bertz CT molecular complexity index is 518. The average Bonchev–Trinajstić information content (AvgIpc) is 2.50. The van der Waals surface area contributed by atoms with Crippen LogP contribution in [0.3, 0.4) is 0 Å². The zero-order valence-electron chi connectivity index (χ0n) is 15.2. The number of carbonyl (C=O) groups excluding carboxylic acids is 2. The molecule has 2 amide bonds. The van der Waals surface area contributed by atoms with Gasteiger partial charge in [-0.25, -0.2) is 4.79 Å². The number of nitrogens with one attached hydrogen (secondary N) is 2. The van der Waals surface area contributed by atoms with Gasteiger partial charge in [0.25, 0.3) is 0 Å². The van der Waals surface area contributed by atoms with Gasteiger partial charge < -0.3 is 15.7 Å². The third-order valence-electron chi connectivity index (χ3n) is 6.29. The molecule has 6 heteroatoms. The Morgan fingerprint density at radius 3 is 2.04 bits per heavy atom. The van der Waals surface area contributed by atoms with E-state index in [1.807, 2.05) is 13.8 Å². The molecule has 0 aromatic rings. The largest absolute Gasteiger partial charge is 0.480 e. The van der Waals surface area contributed by atoms with E-state index in [2.05, 4.69) is 10.6 Å². The van der Waals surface area contributed by atoms with Gasteiger partial charge in [0.1, 0.15) is 6.04 Å². The molecule has 0 radical (unpaired) electrons. The summed E-state index contributed by atoms with van der Waals surface area (Å²) in [6.45, 7) is 3.69. The van der Waals surface area contributed by atoms with Gasteiger partial charge in [-0.15, -0.1) is 0 Å². The highest BCUT2D eigenvalue weighted by Gasteiger charge is 2.50. The molecule has 3 N–H and O–H groups in total. The van der Waals surface area contributed by atoms with Gasteiger partial charge in [0.15, 0.2) is 0 Å². The zero-order valence-corrected chi connectivity index (χ0v) is 15.2. The molecule has 4 aliphatic carbocycles. The van der Waals surface area contributed by atoms with E-state index < -0.39 is 17.9 Å². The van der Waals surface area contributed by atoms with Crippen LogP contribution in [0.1, 0.15) is 52.4 Å². The lowest BCUT2D eigenvalue weighted by Gasteiger charge is -2.53. The Morgan fingerprint density at radius 2 is 1.56 bits per heavy atom. The highest BCUT2D eigenvalue weighted by molar-refractivity contribution is 5.88. The Kier molecular flexibility index (Phi) is 5.35. The van der Waals surface area contributed by atoms with Crippen LogP contribution in [-0.2, 0) is 14.4 Å². The SMILES string of the molecule is CC(C)C[C@H](NC(=O)CNC(=O)C1C2CC3CC(C2)CC1C3)C(=O)O. The molecule has 1 atom stereocenters. The van der Waals surface area contributed by atoms with Crippen molar-refractivity contribution in [2.24, 2.45) is 35.5 Å². The van der Waals surface area contributed by atoms with Crippen molar-refractivity contribution < 1.29 is 19.5 Å². The fourth-order valence-electron chi connectivity index (χ4n) is 5.58. The lowest BCUT2D eigenvalue weighted by Crippen LogP contribution is -2.52. The van der Waals surface area contributed by atoms with Crippen LogP contribution in [0.5, 0.6) is 0 Å². The molecule has 0 unspecified atom stereocenters. The van der Waals surface area contributed by atoms with Crippen LogP contribution < -0.4 is 10.6 Å². The number of carboxylic acids is 1. The van der Waals surface area contributed by atoms with E-state index in [4.69, 9.17) is 0 Å². The predicted octanol–water partition coefficient (Wildman–Crippen LogP) is 1.79. The minimum Gasteiger partial charge on any atom is -0.480 e.